The van der Waals surface area contributed by atoms with Gasteiger partial charge in [0.2, 0.25) is 0 Å². The second-order valence-corrected chi connectivity index (χ2v) is 5.90. The summed E-state index contributed by atoms with van der Waals surface area (Å²) in [5.41, 5.74) is 1.90. The first-order valence-electron chi connectivity index (χ1n) is 6.97. The van der Waals surface area contributed by atoms with Crippen molar-refractivity contribution in [3.05, 3.63) is 28.6 Å². The second-order valence-electron chi connectivity index (χ2n) is 5.53. The highest BCUT2D eigenvalue weighted by Gasteiger charge is 2.12. The molecule has 1 amide bonds. The van der Waals surface area contributed by atoms with E-state index in [1.54, 1.807) is 18.2 Å². The summed E-state index contributed by atoms with van der Waals surface area (Å²) in [6.07, 6.45) is 0. The number of carbonyl (C=O) groups excluding carboxylic acids is 1. The number of oxazole rings is 1. The predicted molar refractivity (Wildman–Crippen MR) is 84.0 cm³/mol. The van der Waals surface area contributed by atoms with Crippen LogP contribution < -0.4 is 5.32 Å². The summed E-state index contributed by atoms with van der Waals surface area (Å²) in [6.45, 7) is 7.28. The Bertz CT molecular complexity index is 675. The van der Waals surface area contributed by atoms with E-state index < -0.39 is 0 Å². The number of aromatic nitrogens is 1. The van der Waals surface area contributed by atoms with Gasteiger partial charge in [-0.25, -0.2) is 0 Å². The number of hydrogen-bond donors (Lipinski definition) is 2. The number of hydrogen-bond acceptors (Lipinski definition) is 4. The van der Waals surface area contributed by atoms with Gasteiger partial charge in [0.05, 0.1) is 12.1 Å². The van der Waals surface area contributed by atoms with Gasteiger partial charge in [-0.3, -0.25) is 4.79 Å². The van der Waals surface area contributed by atoms with Crippen LogP contribution in [0.15, 0.2) is 22.6 Å². The van der Waals surface area contributed by atoms with Crippen molar-refractivity contribution >= 4 is 29.2 Å². The van der Waals surface area contributed by atoms with Gasteiger partial charge in [0.15, 0.2) is 5.58 Å². The average Bonchev–Trinajstić information content (AvgIpc) is 2.76. The molecule has 0 fully saturated rings. The maximum Gasteiger partial charge on any atom is 0.266 e. The summed E-state index contributed by atoms with van der Waals surface area (Å²) in [7, 11) is 0. The molecule has 1 aromatic heterocycles. The molecule has 0 spiro atoms. The van der Waals surface area contributed by atoms with E-state index in [-0.39, 0.29) is 11.9 Å². The van der Waals surface area contributed by atoms with E-state index >= 15 is 0 Å². The lowest BCUT2D eigenvalue weighted by Crippen LogP contribution is -2.36. The van der Waals surface area contributed by atoms with Crippen LogP contribution in [0.3, 0.4) is 0 Å². The minimum Gasteiger partial charge on any atom is -0.429 e. The number of nitrogens with one attached hydrogen (secondary N) is 2. The first kappa shape index (κ1) is 15.7. The van der Waals surface area contributed by atoms with Crippen molar-refractivity contribution in [2.45, 2.75) is 26.8 Å². The van der Waals surface area contributed by atoms with Crippen LogP contribution in [0.25, 0.3) is 11.1 Å². The molecule has 0 saturated heterocycles. The zero-order valence-corrected chi connectivity index (χ0v) is 13.3. The van der Waals surface area contributed by atoms with Crippen molar-refractivity contribution in [3.63, 3.8) is 0 Å². The van der Waals surface area contributed by atoms with Gasteiger partial charge in [0.25, 0.3) is 10.7 Å². The molecule has 0 radical (unpaired) electrons. The van der Waals surface area contributed by atoms with E-state index in [4.69, 9.17) is 21.4 Å². The number of ether oxygens (including phenoxy) is 1. The largest absolute Gasteiger partial charge is 0.429 e. The molecule has 2 N–H and O–H groups in total. The molecule has 0 aliphatic heterocycles. The molecule has 2 rings (SSSR count). The Hall–Kier alpha value is -1.66. The van der Waals surface area contributed by atoms with Crippen LogP contribution in [-0.2, 0) is 4.74 Å². The Balaban J connectivity index is 1.96. The molecule has 1 aromatic carbocycles. The lowest BCUT2D eigenvalue weighted by Gasteiger charge is -2.15. The first-order valence-corrected chi connectivity index (χ1v) is 7.38. The molecule has 5 nitrogen and oxygen atoms in total. The van der Waals surface area contributed by atoms with Crippen molar-refractivity contribution in [2.24, 2.45) is 5.92 Å². The monoisotopic (exact) mass is 308 g/mol. The third kappa shape index (κ3) is 4.41. The number of amides is 1. The van der Waals surface area contributed by atoms with E-state index in [1.165, 1.54) is 0 Å². The van der Waals surface area contributed by atoms with Crippen LogP contribution in [0.2, 0.25) is 0 Å². The highest BCUT2D eigenvalue weighted by Crippen LogP contribution is 2.15. The quantitative estimate of drug-likeness (QED) is 0.804. The molecule has 1 heterocycles. The normalized spacial score (nSPS) is 12.8. The van der Waals surface area contributed by atoms with Crippen molar-refractivity contribution in [1.29, 1.82) is 0 Å². The molecule has 2 aromatic rings. The lowest BCUT2D eigenvalue weighted by atomic mass is 10.2. The number of carbonyl (C=O) groups is 1. The van der Waals surface area contributed by atoms with Crippen LogP contribution in [-0.4, -0.2) is 30.1 Å². The van der Waals surface area contributed by atoms with Crippen molar-refractivity contribution < 1.29 is 13.9 Å². The van der Waals surface area contributed by atoms with E-state index in [1.807, 2.05) is 6.92 Å². The summed E-state index contributed by atoms with van der Waals surface area (Å²) < 4.78 is 10.8. The fraction of sp³-hybridized carbons (Fsp3) is 0.467. The minimum atomic E-state index is -0.153. The Labute approximate surface area is 128 Å². The summed E-state index contributed by atoms with van der Waals surface area (Å²) in [5, 5.41) is 2.90. The van der Waals surface area contributed by atoms with Gasteiger partial charge in [-0.2, -0.15) is 0 Å². The molecule has 21 heavy (non-hydrogen) atoms. The van der Waals surface area contributed by atoms with E-state index in [0.29, 0.717) is 35.1 Å². The fourth-order valence-electron chi connectivity index (χ4n) is 1.92. The van der Waals surface area contributed by atoms with Crippen LogP contribution in [0, 0.1) is 10.8 Å². The molecule has 6 heteroatoms. The predicted octanol–water partition coefficient (Wildman–Crippen LogP) is 3.28. The van der Waals surface area contributed by atoms with Gasteiger partial charge in [-0.05, 0) is 43.3 Å². The zero-order chi connectivity index (χ0) is 15.4. The lowest BCUT2D eigenvalue weighted by molar-refractivity contribution is 0.0792. The summed E-state index contributed by atoms with van der Waals surface area (Å²) in [5.74, 6) is 0.331. The average molecular weight is 308 g/mol. The Morgan fingerprint density at radius 3 is 2.86 bits per heavy atom. The van der Waals surface area contributed by atoms with Gasteiger partial charge < -0.3 is 19.5 Å². The zero-order valence-electron chi connectivity index (χ0n) is 12.4. The topological polar surface area (TPSA) is 67.3 Å². The molecule has 1 unspecified atom stereocenters. The number of aromatic amines is 1. The molecule has 114 valence electrons. The Morgan fingerprint density at radius 2 is 2.14 bits per heavy atom. The third-order valence-electron chi connectivity index (χ3n) is 2.88. The molecular formula is C15H20N2O3S. The van der Waals surface area contributed by atoms with Crippen molar-refractivity contribution in [3.8, 4) is 0 Å². The maximum absolute atomic E-state index is 12.2. The van der Waals surface area contributed by atoms with Gasteiger partial charge >= 0.3 is 0 Å². The Morgan fingerprint density at radius 1 is 1.38 bits per heavy atom. The molecular weight excluding hydrogens is 288 g/mol. The molecule has 0 aliphatic rings. The van der Waals surface area contributed by atoms with E-state index in [0.717, 1.165) is 5.52 Å². The van der Waals surface area contributed by atoms with E-state index in [2.05, 4.69) is 24.1 Å². The number of H-pyrrole nitrogens is 1. The number of benzene rings is 1. The van der Waals surface area contributed by atoms with Crippen LogP contribution in [0.5, 0.6) is 0 Å². The molecule has 1 atom stereocenters. The van der Waals surface area contributed by atoms with Gasteiger partial charge in [0.1, 0.15) is 0 Å². The standard InChI is InChI=1S/C15H20N2O3S/c1-9(2)7-19-8-10(3)16-14(18)11-4-5-12-13(6-11)20-15(21)17-12/h4-6,9-10H,7-8H2,1-3H3,(H,16,18)(H,17,21). The van der Waals surface area contributed by atoms with Crippen molar-refractivity contribution in [2.75, 3.05) is 13.2 Å². The first-order chi connectivity index (χ1) is 9.95. The summed E-state index contributed by atoms with van der Waals surface area (Å²) in [6, 6.07) is 5.15. The minimum absolute atomic E-state index is 0.0513. The third-order valence-corrected chi connectivity index (χ3v) is 3.07. The smallest absolute Gasteiger partial charge is 0.266 e. The number of rotatable bonds is 6. The number of fused-ring (bicyclic) bond motifs is 1. The molecule has 0 saturated carbocycles. The molecule has 0 bridgehead atoms. The van der Waals surface area contributed by atoms with Crippen LogP contribution >= 0.6 is 12.2 Å². The maximum atomic E-state index is 12.2. The highest BCUT2D eigenvalue weighted by molar-refractivity contribution is 7.71. The molecule has 0 aliphatic carbocycles. The fourth-order valence-corrected chi connectivity index (χ4v) is 2.12. The highest BCUT2D eigenvalue weighted by atomic mass is 32.1. The SMILES string of the molecule is CC(C)COCC(C)NC(=O)c1ccc2[nH]c(=S)oc2c1. The van der Waals surface area contributed by atoms with Gasteiger partial charge in [-0.15, -0.1) is 0 Å². The Kier molecular flexibility index (Phi) is 5.14. The summed E-state index contributed by atoms with van der Waals surface area (Å²) >= 11 is 4.92. The van der Waals surface area contributed by atoms with Gasteiger partial charge in [-0.1, -0.05) is 13.8 Å². The van der Waals surface area contributed by atoms with Crippen LogP contribution in [0.4, 0.5) is 0 Å². The van der Waals surface area contributed by atoms with Gasteiger partial charge in [0, 0.05) is 18.2 Å². The van der Waals surface area contributed by atoms with E-state index in [9.17, 15) is 4.79 Å². The van der Waals surface area contributed by atoms with Crippen molar-refractivity contribution in [1.82, 2.24) is 10.3 Å². The summed E-state index contributed by atoms with van der Waals surface area (Å²) in [4.78, 5) is 15.4. The second kappa shape index (κ2) is 6.87. The van der Waals surface area contributed by atoms with Crippen LogP contribution in [0.1, 0.15) is 31.1 Å².